The summed E-state index contributed by atoms with van der Waals surface area (Å²) < 4.78 is 8.01. The lowest BCUT2D eigenvalue weighted by atomic mass is 10.1. The summed E-state index contributed by atoms with van der Waals surface area (Å²) in [6, 6.07) is 14.9. The number of nitrogens with zero attached hydrogens (tertiary/aromatic N) is 3. The van der Waals surface area contributed by atoms with Crippen LogP contribution < -0.4 is 10.1 Å². The van der Waals surface area contributed by atoms with Crippen molar-refractivity contribution in [1.82, 2.24) is 14.8 Å². The van der Waals surface area contributed by atoms with Gasteiger partial charge in [-0.15, -0.1) is 10.2 Å². The Labute approximate surface area is 192 Å². The van der Waals surface area contributed by atoms with Crippen molar-refractivity contribution in [3.63, 3.8) is 0 Å². The van der Waals surface area contributed by atoms with Crippen molar-refractivity contribution in [2.75, 3.05) is 11.1 Å². The van der Waals surface area contributed by atoms with Crippen LogP contribution in [0.25, 0.3) is 0 Å². The summed E-state index contributed by atoms with van der Waals surface area (Å²) in [5, 5.41) is 12.1. The van der Waals surface area contributed by atoms with Gasteiger partial charge in [-0.05, 0) is 57.0 Å². The molecule has 0 radical (unpaired) electrons. The van der Waals surface area contributed by atoms with Gasteiger partial charge in [-0.25, -0.2) is 0 Å². The van der Waals surface area contributed by atoms with Gasteiger partial charge in [0.2, 0.25) is 5.91 Å². The van der Waals surface area contributed by atoms with Crippen molar-refractivity contribution in [3.8, 4) is 5.75 Å². The van der Waals surface area contributed by atoms with Crippen LogP contribution in [0.5, 0.6) is 5.75 Å². The molecule has 0 bridgehead atoms. The zero-order valence-electron chi connectivity index (χ0n) is 18.8. The third-order valence-electron chi connectivity index (χ3n) is 4.95. The molecule has 32 heavy (non-hydrogen) atoms. The van der Waals surface area contributed by atoms with Crippen molar-refractivity contribution in [2.24, 2.45) is 0 Å². The highest BCUT2D eigenvalue weighted by molar-refractivity contribution is 7.99. The Balaban J connectivity index is 1.62. The fourth-order valence-corrected chi connectivity index (χ4v) is 4.02. The molecule has 0 saturated heterocycles. The van der Waals surface area contributed by atoms with Crippen LogP contribution in [-0.4, -0.2) is 32.2 Å². The first-order valence-corrected chi connectivity index (χ1v) is 11.6. The summed E-state index contributed by atoms with van der Waals surface area (Å²) in [6.45, 7) is 8.22. The molecule has 3 aromatic rings. The van der Waals surface area contributed by atoms with E-state index in [1.54, 1.807) is 24.3 Å². The predicted molar refractivity (Wildman–Crippen MR) is 126 cm³/mol. The fraction of sp³-hybridized carbons (Fsp3) is 0.333. The molecule has 1 atom stereocenters. The number of anilines is 1. The Morgan fingerprint density at radius 1 is 1.12 bits per heavy atom. The molecular weight excluding hydrogens is 424 g/mol. The number of amides is 1. The van der Waals surface area contributed by atoms with Gasteiger partial charge in [0, 0.05) is 17.8 Å². The lowest BCUT2D eigenvalue weighted by Crippen LogP contribution is -2.15. The average Bonchev–Trinajstić information content (AvgIpc) is 3.21. The number of hydrogen-bond donors (Lipinski definition) is 1. The minimum absolute atomic E-state index is 0.0447. The number of rotatable bonds is 10. The van der Waals surface area contributed by atoms with Gasteiger partial charge in [-0.2, -0.15) is 0 Å². The third kappa shape index (κ3) is 5.97. The number of nitrogens with one attached hydrogen (secondary N) is 1. The number of ether oxygens (including phenoxy) is 1. The van der Waals surface area contributed by atoms with E-state index in [1.807, 2.05) is 30.5 Å². The molecule has 0 aliphatic rings. The molecular formula is C24H28N4O3S. The number of ketones is 1. The molecule has 0 aliphatic heterocycles. The second kappa shape index (κ2) is 10.9. The lowest BCUT2D eigenvalue weighted by molar-refractivity contribution is -0.113. The molecule has 1 heterocycles. The first-order chi connectivity index (χ1) is 15.4. The van der Waals surface area contributed by atoms with E-state index in [0.717, 1.165) is 12.2 Å². The SMILES string of the molecule is CCc1ccc(OC(C)c2nnc(SCC(=O)Nc3cccc(C(C)=O)c3)n2CC)cc1. The standard InChI is InChI=1S/C24H28N4O3S/c1-5-18-10-12-21(13-11-18)31-17(4)23-26-27-24(28(23)6-2)32-15-22(30)25-20-9-7-8-19(14-20)16(3)29/h7-14,17H,5-6,15H2,1-4H3,(H,25,30). The van der Waals surface area contributed by atoms with Crippen molar-refractivity contribution >= 4 is 29.1 Å². The van der Waals surface area contributed by atoms with Crippen LogP contribution in [-0.2, 0) is 17.8 Å². The maximum atomic E-state index is 12.4. The Morgan fingerprint density at radius 3 is 2.53 bits per heavy atom. The summed E-state index contributed by atoms with van der Waals surface area (Å²) in [7, 11) is 0. The Bertz CT molecular complexity index is 1080. The highest BCUT2D eigenvalue weighted by Gasteiger charge is 2.19. The minimum Gasteiger partial charge on any atom is -0.483 e. The molecule has 3 rings (SSSR count). The van der Waals surface area contributed by atoms with E-state index in [9.17, 15) is 9.59 Å². The Morgan fingerprint density at radius 2 is 1.88 bits per heavy atom. The third-order valence-corrected chi connectivity index (χ3v) is 5.92. The minimum atomic E-state index is -0.285. The van der Waals surface area contributed by atoms with Crippen LogP contribution in [0.1, 0.15) is 55.5 Å². The van der Waals surface area contributed by atoms with Crippen molar-refractivity contribution in [2.45, 2.75) is 51.9 Å². The molecule has 1 N–H and O–H groups in total. The van der Waals surface area contributed by atoms with Gasteiger partial charge in [0.1, 0.15) is 5.75 Å². The molecule has 8 heteroatoms. The Hall–Kier alpha value is -3.13. The molecule has 0 spiro atoms. The molecule has 168 valence electrons. The van der Waals surface area contributed by atoms with E-state index in [1.165, 1.54) is 24.2 Å². The summed E-state index contributed by atoms with van der Waals surface area (Å²) in [5.41, 5.74) is 2.41. The van der Waals surface area contributed by atoms with Crippen molar-refractivity contribution in [1.29, 1.82) is 0 Å². The number of thioether (sulfide) groups is 1. The predicted octanol–water partition coefficient (Wildman–Crippen LogP) is 4.93. The molecule has 0 aliphatic carbocycles. The van der Waals surface area contributed by atoms with Crippen LogP contribution >= 0.6 is 11.8 Å². The number of Topliss-reactive ketones (excluding diaryl/α,β-unsaturated/α-hetero) is 1. The smallest absolute Gasteiger partial charge is 0.234 e. The van der Waals surface area contributed by atoms with Crippen LogP contribution in [0, 0.1) is 0 Å². The maximum Gasteiger partial charge on any atom is 0.234 e. The first-order valence-electron chi connectivity index (χ1n) is 10.6. The van der Waals surface area contributed by atoms with Crippen LogP contribution in [0.2, 0.25) is 0 Å². The molecule has 1 amide bonds. The average molecular weight is 453 g/mol. The summed E-state index contributed by atoms with van der Waals surface area (Å²) >= 11 is 1.31. The number of carbonyl (C=O) groups is 2. The van der Waals surface area contributed by atoms with Crippen LogP contribution in [0.15, 0.2) is 53.7 Å². The van der Waals surface area contributed by atoms with Crippen LogP contribution in [0.3, 0.4) is 0 Å². The van der Waals surface area contributed by atoms with Crippen LogP contribution in [0.4, 0.5) is 5.69 Å². The highest BCUT2D eigenvalue weighted by Crippen LogP contribution is 2.25. The van der Waals surface area contributed by atoms with Gasteiger partial charge in [0.05, 0.1) is 5.75 Å². The monoisotopic (exact) mass is 452 g/mol. The van der Waals surface area contributed by atoms with Gasteiger partial charge >= 0.3 is 0 Å². The molecule has 0 fully saturated rings. The molecule has 0 saturated carbocycles. The largest absolute Gasteiger partial charge is 0.483 e. The topological polar surface area (TPSA) is 86.1 Å². The molecule has 2 aromatic carbocycles. The van der Waals surface area contributed by atoms with Gasteiger partial charge in [-0.1, -0.05) is 43.0 Å². The molecule has 7 nitrogen and oxygen atoms in total. The van der Waals surface area contributed by atoms with Gasteiger partial charge in [0.25, 0.3) is 0 Å². The lowest BCUT2D eigenvalue weighted by Gasteiger charge is -2.16. The second-order valence-electron chi connectivity index (χ2n) is 7.32. The van der Waals surface area contributed by atoms with E-state index in [-0.39, 0.29) is 23.5 Å². The quantitative estimate of drug-likeness (QED) is 0.347. The number of benzene rings is 2. The first kappa shape index (κ1) is 23.5. The van der Waals surface area contributed by atoms with Crippen molar-refractivity contribution in [3.05, 3.63) is 65.5 Å². The van der Waals surface area contributed by atoms with E-state index in [0.29, 0.717) is 28.8 Å². The summed E-state index contributed by atoms with van der Waals surface area (Å²) in [5.74, 6) is 1.45. The van der Waals surface area contributed by atoms with Crippen molar-refractivity contribution < 1.29 is 14.3 Å². The summed E-state index contributed by atoms with van der Waals surface area (Å²) in [4.78, 5) is 23.9. The van der Waals surface area contributed by atoms with E-state index in [2.05, 4.69) is 34.6 Å². The van der Waals surface area contributed by atoms with E-state index in [4.69, 9.17) is 4.74 Å². The number of aryl methyl sites for hydroxylation is 1. The highest BCUT2D eigenvalue weighted by atomic mass is 32.2. The van der Waals surface area contributed by atoms with E-state index < -0.39 is 0 Å². The molecule has 1 unspecified atom stereocenters. The number of hydrogen-bond acceptors (Lipinski definition) is 6. The van der Waals surface area contributed by atoms with Gasteiger partial charge in [0.15, 0.2) is 22.9 Å². The van der Waals surface area contributed by atoms with E-state index >= 15 is 0 Å². The zero-order valence-corrected chi connectivity index (χ0v) is 19.6. The van der Waals surface area contributed by atoms with Gasteiger partial charge in [-0.3, -0.25) is 9.59 Å². The normalized spacial score (nSPS) is 11.8. The number of carbonyl (C=O) groups excluding carboxylic acids is 2. The second-order valence-corrected chi connectivity index (χ2v) is 8.26. The number of aromatic nitrogens is 3. The summed E-state index contributed by atoms with van der Waals surface area (Å²) in [6.07, 6.45) is 0.698. The Kier molecular flexibility index (Phi) is 8.05. The fourth-order valence-electron chi connectivity index (χ4n) is 3.21. The zero-order chi connectivity index (χ0) is 23.1. The molecule has 1 aromatic heterocycles. The maximum absolute atomic E-state index is 12.4. The van der Waals surface area contributed by atoms with Gasteiger partial charge < -0.3 is 14.6 Å².